The van der Waals surface area contributed by atoms with Gasteiger partial charge in [-0.15, -0.1) is 0 Å². The Morgan fingerprint density at radius 2 is 1.71 bits per heavy atom. The molecule has 1 heteroatoms. The van der Waals surface area contributed by atoms with E-state index in [0.29, 0.717) is 0 Å². The summed E-state index contributed by atoms with van der Waals surface area (Å²) < 4.78 is 0. The lowest BCUT2D eigenvalue weighted by atomic mass is 10.7. The fourth-order valence-corrected chi connectivity index (χ4v) is 0.167. The molecule has 0 aromatic heterocycles. The predicted octanol–water partition coefficient (Wildman–Crippen LogP) is 1.77. The largest absolute Gasteiger partial charge is 0.394 e. The molecule has 0 radical (unpaired) electrons. The summed E-state index contributed by atoms with van der Waals surface area (Å²) in [6.07, 6.45) is 3.82. The monoisotopic (exact) mass is 101 g/mol. The summed E-state index contributed by atoms with van der Waals surface area (Å²) in [7, 11) is 1.88. The Morgan fingerprint density at radius 1 is 1.29 bits per heavy atom. The van der Waals surface area contributed by atoms with E-state index >= 15 is 0 Å². The fourth-order valence-electron chi connectivity index (χ4n) is 0.167. The summed E-state index contributed by atoms with van der Waals surface area (Å²) in [5.74, 6) is 0. The van der Waals surface area contributed by atoms with Gasteiger partial charge in [0, 0.05) is 7.05 Å². The van der Waals surface area contributed by atoms with Crippen molar-refractivity contribution >= 4 is 0 Å². The maximum Gasteiger partial charge on any atom is 0.00276 e. The van der Waals surface area contributed by atoms with E-state index in [1.165, 1.54) is 0 Å². The van der Waals surface area contributed by atoms with Gasteiger partial charge in [0.15, 0.2) is 0 Å². The van der Waals surface area contributed by atoms with Crippen molar-refractivity contribution in [2.24, 2.45) is 0 Å². The Morgan fingerprint density at radius 3 is 1.71 bits per heavy atom. The molecule has 0 aliphatic carbocycles. The Labute approximate surface area is 46.4 Å². The first-order valence-corrected chi connectivity index (χ1v) is 2.70. The van der Waals surface area contributed by atoms with Crippen LogP contribution in [0.2, 0.25) is 0 Å². The van der Waals surface area contributed by atoms with Crippen molar-refractivity contribution in [3.63, 3.8) is 0 Å². The molecule has 0 saturated heterocycles. The molecule has 0 heterocycles. The standard InChI is InChI=1S/C4H9N.C2H6/c1-3-4-5-2;1-2/h3-5H,1-2H3;1-2H3/b4-3-;. The van der Waals surface area contributed by atoms with Gasteiger partial charge in [-0.05, 0) is 13.1 Å². The molecule has 0 saturated carbocycles. The van der Waals surface area contributed by atoms with Crippen LogP contribution in [0.25, 0.3) is 0 Å². The second-order valence-electron chi connectivity index (χ2n) is 0.789. The van der Waals surface area contributed by atoms with Crippen molar-refractivity contribution in [2.75, 3.05) is 7.05 Å². The minimum atomic E-state index is 1.88. The van der Waals surface area contributed by atoms with E-state index in [0.717, 1.165) is 0 Å². The van der Waals surface area contributed by atoms with E-state index < -0.39 is 0 Å². The van der Waals surface area contributed by atoms with Crippen LogP contribution >= 0.6 is 0 Å². The lowest BCUT2D eigenvalue weighted by Crippen LogP contribution is -1.89. The van der Waals surface area contributed by atoms with Gasteiger partial charge in [0.05, 0.1) is 0 Å². The number of hydrogen-bond donors (Lipinski definition) is 1. The van der Waals surface area contributed by atoms with Crippen molar-refractivity contribution in [1.82, 2.24) is 5.32 Å². The number of nitrogens with one attached hydrogen (secondary N) is 1. The molecule has 1 N–H and O–H groups in total. The fraction of sp³-hybridized carbons (Fsp3) is 0.667. The van der Waals surface area contributed by atoms with Gasteiger partial charge in [-0.25, -0.2) is 0 Å². The average Bonchev–Trinajstić information content (AvgIpc) is 1.75. The summed E-state index contributed by atoms with van der Waals surface area (Å²) in [5.41, 5.74) is 0. The summed E-state index contributed by atoms with van der Waals surface area (Å²) in [4.78, 5) is 0. The molecule has 44 valence electrons. The van der Waals surface area contributed by atoms with Gasteiger partial charge < -0.3 is 5.32 Å². The Balaban J connectivity index is 0. The zero-order chi connectivity index (χ0) is 6.12. The molecule has 0 fully saturated rings. The molecule has 0 amide bonds. The molecular formula is C6H15N. The molecule has 0 bridgehead atoms. The third-order valence-corrected chi connectivity index (χ3v) is 0.333. The van der Waals surface area contributed by atoms with Crippen LogP contribution < -0.4 is 5.32 Å². The van der Waals surface area contributed by atoms with Gasteiger partial charge in [0.1, 0.15) is 0 Å². The van der Waals surface area contributed by atoms with Crippen LogP contribution in [0.15, 0.2) is 12.3 Å². The first kappa shape index (κ1) is 9.74. The molecular weight excluding hydrogens is 86.1 g/mol. The quantitative estimate of drug-likeness (QED) is 0.530. The molecule has 7 heavy (non-hydrogen) atoms. The SMILES string of the molecule is C/C=C\NC.CC. The number of rotatable bonds is 1. The van der Waals surface area contributed by atoms with Gasteiger partial charge in [0.2, 0.25) is 0 Å². The molecule has 0 aromatic carbocycles. The van der Waals surface area contributed by atoms with Crippen LogP contribution in [-0.2, 0) is 0 Å². The van der Waals surface area contributed by atoms with Gasteiger partial charge in [0.25, 0.3) is 0 Å². The lowest BCUT2D eigenvalue weighted by Gasteiger charge is -1.75. The highest BCUT2D eigenvalue weighted by Crippen LogP contribution is 1.53. The molecule has 0 aliphatic rings. The Hall–Kier alpha value is -0.460. The van der Waals surface area contributed by atoms with Crippen molar-refractivity contribution in [3.8, 4) is 0 Å². The predicted molar refractivity (Wildman–Crippen MR) is 35.2 cm³/mol. The number of hydrogen-bond acceptors (Lipinski definition) is 1. The summed E-state index contributed by atoms with van der Waals surface area (Å²) in [6.45, 7) is 5.97. The normalized spacial score (nSPS) is 7.43. The van der Waals surface area contributed by atoms with Crippen LogP contribution in [0.1, 0.15) is 20.8 Å². The van der Waals surface area contributed by atoms with E-state index in [1.807, 2.05) is 40.1 Å². The molecule has 0 aliphatic heterocycles. The third-order valence-electron chi connectivity index (χ3n) is 0.333. The zero-order valence-electron chi connectivity index (χ0n) is 5.65. The van der Waals surface area contributed by atoms with Crippen LogP contribution in [0.4, 0.5) is 0 Å². The smallest absolute Gasteiger partial charge is 0.00276 e. The maximum absolute atomic E-state index is 2.84. The average molecular weight is 101 g/mol. The topological polar surface area (TPSA) is 12.0 Å². The highest BCUT2D eigenvalue weighted by Gasteiger charge is 1.45. The molecule has 0 rings (SSSR count). The summed E-state index contributed by atoms with van der Waals surface area (Å²) in [5, 5.41) is 2.84. The molecule has 0 spiro atoms. The van der Waals surface area contributed by atoms with Crippen LogP contribution in [-0.4, -0.2) is 7.05 Å². The zero-order valence-corrected chi connectivity index (χ0v) is 5.65. The van der Waals surface area contributed by atoms with Crippen molar-refractivity contribution in [3.05, 3.63) is 12.3 Å². The van der Waals surface area contributed by atoms with E-state index in [9.17, 15) is 0 Å². The van der Waals surface area contributed by atoms with Gasteiger partial charge >= 0.3 is 0 Å². The Bertz CT molecular complexity index is 31.2. The summed E-state index contributed by atoms with van der Waals surface area (Å²) >= 11 is 0. The second-order valence-corrected chi connectivity index (χ2v) is 0.789. The first-order chi connectivity index (χ1) is 3.41. The highest BCUT2D eigenvalue weighted by atomic mass is 14.8. The lowest BCUT2D eigenvalue weighted by molar-refractivity contribution is 1.10. The van der Waals surface area contributed by atoms with Gasteiger partial charge in [-0.3, -0.25) is 0 Å². The van der Waals surface area contributed by atoms with Gasteiger partial charge in [-0.2, -0.15) is 0 Å². The van der Waals surface area contributed by atoms with Crippen molar-refractivity contribution in [2.45, 2.75) is 20.8 Å². The van der Waals surface area contributed by atoms with Crippen molar-refractivity contribution in [1.29, 1.82) is 0 Å². The molecule has 0 atom stereocenters. The minimum Gasteiger partial charge on any atom is -0.394 e. The van der Waals surface area contributed by atoms with Crippen LogP contribution in [0.5, 0.6) is 0 Å². The molecule has 0 unspecified atom stereocenters. The number of allylic oxidation sites excluding steroid dienone is 1. The second kappa shape index (κ2) is 17.7. The van der Waals surface area contributed by atoms with Gasteiger partial charge in [-0.1, -0.05) is 19.9 Å². The molecule has 0 aromatic rings. The molecule has 1 nitrogen and oxygen atoms in total. The van der Waals surface area contributed by atoms with Crippen LogP contribution in [0, 0.1) is 0 Å². The minimum absolute atomic E-state index is 1.88. The first-order valence-electron chi connectivity index (χ1n) is 2.70. The maximum atomic E-state index is 2.84. The van der Waals surface area contributed by atoms with E-state index in [4.69, 9.17) is 0 Å². The van der Waals surface area contributed by atoms with Crippen molar-refractivity contribution < 1.29 is 0 Å². The summed E-state index contributed by atoms with van der Waals surface area (Å²) in [6, 6.07) is 0. The Kier molecular flexibility index (Phi) is 24.6. The van der Waals surface area contributed by atoms with E-state index in [1.54, 1.807) is 0 Å². The third kappa shape index (κ3) is 29.3. The van der Waals surface area contributed by atoms with E-state index in [-0.39, 0.29) is 0 Å². The highest BCUT2D eigenvalue weighted by molar-refractivity contribution is 4.70. The van der Waals surface area contributed by atoms with E-state index in [2.05, 4.69) is 5.32 Å². The van der Waals surface area contributed by atoms with Crippen LogP contribution in [0.3, 0.4) is 0 Å².